The van der Waals surface area contributed by atoms with Crippen molar-refractivity contribution in [3.05, 3.63) is 0 Å². The zero-order valence-corrected chi connectivity index (χ0v) is 8.95. The molecule has 1 aliphatic rings. The molecule has 80 valence electrons. The van der Waals surface area contributed by atoms with Crippen LogP contribution in [0.3, 0.4) is 0 Å². The van der Waals surface area contributed by atoms with E-state index in [1.54, 1.807) is 5.06 Å². The Hall–Kier alpha value is -0.900. The third-order valence-corrected chi connectivity index (χ3v) is 2.18. The molecule has 0 unspecified atom stereocenters. The predicted molar refractivity (Wildman–Crippen MR) is 51.3 cm³/mol. The first-order chi connectivity index (χ1) is 6.43. The van der Waals surface area contributed by atoms with Crippen molar-refractivity contribution < 1.29 is 14.4 Å². The summed E-state index contributed by atoms with van der Waals surface area (Å²) in [5.41, 5.74) is -0.463. The first-order valence-corrected chi connectivity index (χ1v) is 4.84. The lowest BCUT2D eigenvalue weighted by atomic mass is 9.97. The van der Waals surface area contributed by atoms with Gasteiger partial charge in [-0.25, -0.2) is 4.79 Å². The summed E-state index contributed by atoms with van der Waals surface area (Å²) in [7, 11) is 0. The second kappa shape index (κ2) is 4.09. The van der Waals surface area contributed by atoms with Crippen LogP contribution in [0.1, 0.15) is 27.2 Å². The maximum atomic E-state index is 11.4. The van der Waals surface area contributed by atoms with Crippen molar-refractivity contribution >= 4 is 12.3 Å². The van der Waals surface area contributed by atoms with E-state index in [0.717, 1.165) is 6.29 Å². The number of carbonyl (C=O) groups excluding carboxylic acids is 2. The molecule has 0 atom stereocenters. The van der Waals surface area contributed by atoms with E-state index in [1.807, 2.05) is 20.8 Å². The normalized spacial score (nSPS) is 18.8. The molecule has 1 rings (SSSR count). The highest BCUT2D eigenvalue weighted by molar-refractivity contribution is 5.75. The molecule has 0 aromatic rings. The minimum absolute atomic E-state index is 0.220. The van der Waals surface area contributed by atoms with Crippen molar-refractivity contribution in [2.24, 2.45) is 11.3 Å². The Kier molecular flexibility index (Phi) is 3.26. The van der Waals surface area contributed by atoms with E-state index in [2.05, 4.69) is 0 Å². The molecule has 0 radical (unpaired) electrons. The number of hydroxylamine groups is 2. The number of hydrogen-bond donors (Lipinski definition) is 0. The van der Waals surface area contributed by atoms with Gasteiger partial charge in [-0.1, -0.05) is 0 Å². The maximum absolute atomic E-state index is 11.4. The molecule has 1 saturated heterocycles. The monoisotopic (exact) mass is 199 g/mol. The van der Waals surface area contributed by atoms with Gasteiger partial charge < -0.3 is 9.63 Å². The number of carbonyl (C=O) groups is 2. The fraction of sp³-hybridized carbons (Fsp3) is 0.800. The molecule has 1 heterocycles. The third kappa shape index (κ3) is 2.80. The van der Waals surface area contributed by atoms with Crippen molar-refractivity contribution in [2.45, 2.75) is 27.2 Å². The summed E-state index contributed by atoms with van der Waals surface area (Å²) in [5.74, 6) is 0.141. The Balaban J connectivity index is 2.23. The van der Waals surface area contributed by atoms with Crippen molar-refractivity contribution in [2.75, 3.05) is 13.1 Å². The quantitative estimate of drug-likeness (QED) is 0.636. The fourth-order valence-electron chi connectivity index (χ4n) is 1.14. The van der Waals surface area contributed by atoms with Crippen LogP contribution < -0.4 is 0 Å². The zero-order chi connectivity index (χ0) is 10.8. The van der Waals surface area contributed by atoms with Gasteiger partial charge in [0.1, 0.15) is 6.29 Å². The van der Waals surface area contributed by atoms with E-state index in [4.69, 9.17) is 4.84 Å². The Morgan fingerprint density at radius 3 is 2.50 bits per heavy atom. The lowest BCUT2D eigenvalue weighted by Crippen LogP contribution is -2.48. The van der Waals surface area contributed by atoms with Crippen molar-refractivity contribution in [3.63, 3.8) is 0 Å². The number of nitrogens with zero attached hydrogens (tertiary/aromatic N) is 1. The van der Waals surface area contributed by atoms with E-state index in [0.29, 0.717) is 25.4 Å². The Morgan fingerprint density at radius 2 is 2.07 bits per heavy atom. The summed E-state index contributed by atoms with van der Waals surface area (Å²) in [5, 5.41) is 1.61. The Morgan fingerprint density at radius 1 is 1.50 bits per heavy atom. The molecule has 0 aliphatic carbocycles. The molecule has 4 heteroatoms. The highest BCUT2D eigenvalue weighted by Crippen LogP contribution is 2.22. The zero-order valence-electron chi connectivity index (χ0n) is 8.95. The van der Waals surface area contributed by atoms with Gasteiger partial charge in [-0.2, -0.15) is 0 Å². The van der Waals surface area contributed by atoms with Gasteiger partial charge in [0.05, 0.1) is 5.41 Å². The van der Waals surface area contributed by atoms with Crippen LogP contribution in [0.5, 0.6) is 0 Å². The van der Waals surface area contributed by atoms with Crippen molar-refractivity contribution in [1.82, 2.24) is 5.06 Å². The van der Waals surface area contributed by atoms with E-state index in [9.17, 15) is 9.59 Å². The molecule has 0 aromatic carbocycles. The van der Waals surface area contributed by atoms with Crippen LogP contribution in [0.15, 0.2) is 0 Å². The summed E-state index contributed by atoms with van der Waals surface area (Å²) in [6.07, 6.45) is 1.47. The summed E-state index contributed by atoms with van der Waals surface area (Å²) in [6.45, 7) is 6.81. The van der Waals surface area contributed by atoms with Crippen molar-refractivity contribution in [3.8, 4) is 0 Å². The standard InChI is InChI=1S/C10H17NO3/c1-10(2,3)9(13)14-11-6-8(7-11)4-5-12/h5,8H,4,6-7H2,1-3H3. The van der Waals surface area contributed by atoms with Crippen LogP contribution in [0.2, 0.25) is 0 Å². The molecule has 0 saturated carbocycles. The molecule has 0 amide bonds. The van der Waals surface area contributed by atoms with Gasteiger partial charge >= 0.3 is 5.97 Å². The molecule has 0 spiro atoms. The second-order valence-electron chi connectivity index (χ2n) is 4.74. The predicted octanol–water partition coefficient (Wildman–Crippen LogP) is 1.01. The smallest absolute Gasteiger partial charge is 0.330 e. The molecule has 1 aliphatic heterocycles. The summed E-state index contributed by atoms with van der Waals surface area (Å²) >= 11 is 0. The van der Waals surface area contributed by atoms with Gasteiger partial charge in [0.15, 0.2) is 0 Å². The highest BCUT2D eigenvalue weighted by Gasteiger charge is 2.33. The number of hydrogen-bond acceptors (Lipinski definition) is 4. The minimum Gasteiger partial charge on any atom is -0.367 e. The molecule has 4 nitrogen and oxygen atoms in total. The maximum Gasteiger partial charge on any atom is 0.330 e. The lowest BCUT2D eigenvalue weighted by molar-refractivity contribution is -0.228. The van der Waals surface area contributed by atoms with E-state index in [1.165, 1.54) is 0 Å². The Labute approximate surface area is 84.2 Å². The number of aldehydes is 1. The SMILES string of the molecule is CC(C)(C)C(=O)ON1CC(CC=O)C1. The molecule has 0 bridgehead atoms. The van der Waals surface area contributed by atoms with Crippen molar-refractivity contribution in [1.29, 1.82) is 0 Å². The average Bonchev–Trinajstić information content (AvgIpc) is 1.98. The van der Waals surface area contributed by atoms with Gasteiger partial charge in [-0.3, -0.25) is 0 Å². The van der Waals surface area contributed by atoms with E-state index < -0.39 is 5.41 Å². The molecule has 1 fully saturated rings. The average molecular weight is 199 g/mol. The molecular weight excluding hydrogens is 182 g/mol. The third-order valence-electron chi connectivity index (χ3n) is 2.18. The highest BCUT2D eigenvalue weighted by atomic mass is 16.7. The molecule has 0 aromatic heterocycles. The van der Waals surface area contributed by atoms with Crippen LogP contribution in [0.4, 0.5) is 0 Å². The fourth-order valence-corrected chi connectivity index (χ4v) is 1.14. The Bertz CT molecular complexity index is 226. The topological polar surface area (TPSA) is 46.6 Å². The number of rotatable bonds is 3. The first-order valence-electron chi connectivity index (χ1n) is 4.84. The van der Waals surface area contributed by atoms with Gasteiger partial charge in [0.2, 0.25) is 0 Å². The first kappa shape index (κ1) is 11.2. The van der Waals surface area contributed by atoms with E-state index in [-0.39, 0.29) is 5.97 Å². The summed E-state index contributed by atoms with van der Waals surface area (Å²) < 4.78 is 0. The largest absolute Gasteiger partial charge is 0.367 e. The van der Waals surface area contributed by atoms with Crippen LogP contribution in [-0.2, 0) is 14.4 Å². The van der Waals surface area contributed by atoms with Gasteiger partial charge in [-0.15, -0.1) is 5.06 Å². The van der Waals surface area contributed by atoms with E-state index >= 15 is 0 Å². The summed E-state index contributed by atoms with van der Waals surface area (Å²) in [6, 6.07) is 0. The van der Waals surface area contributed by atoms with Crippen LogP contribution in [0, 0.1) is 11.3 Å². The van der Waals surface area contributed by atoms with Crippen LogP contribution >= 0.6 is 0 Å². The van der Waals surface area contributed by atoms with Gasteiger partial charge in [-0.05, 0) is 26.7 Å². The van der Waals surface area contributed by atoms with Gasteiger partial charge in [0.25, 0.3) is 0 Å². The molecule has 0 N–H and O–H groups in total. The van der Waals surface area contributed by atoms with Crippen LogP contribution in [0.25, 0.3) is 0 Å². The second-order valence-corrected chi connectivity index (χ2v) is 4.74. The van der Waals surface area contributed by atoms with Gasteiger partial charge in [0, 0.05) is 19.5 Å². The lowest BCUT2D eigenvalue weighted by Gasteiger charge is -2.37. The molecule has 14 heavy (non-hydrogen) atoms. The van der Waals surface area contributed by atoms with Crippen LogP contribution in [-0.4, -0.2) is 30.4 Å². The minimum atomic E-state index is -0.463. The summed E-state index contributed by atoms with van der Waals surface area (Å²) in [4.78, 5) is 26.7. The molecular formula is C10H17NO3.